The molecule has 1 aliphatic rings. The van der Waals surface area contributed by atoms with E-state index in [1.54, 1.807) is 5.01 Å². The molecule has 0 aliphatic carbocycles. The van der Waals surface area contributed by atoms with Crippen molar-refractivity contribution >= 4 is 28.7 Å². The molecule has 6 heteroatoms. The zero-order chi connectivity index (χ0) is 19.5. The normalized spacial score (nSPS) is 20.9. The summed E-state index contributed by atoms with van der Waals surface area (Å²) >= 11 is 1.50. The molecule has 142 valence electrons. The summed E-state index contributed by atoms with van der Waals surface area (Å²) in [5, 5.41) is 9.26. The van der Waals surface area contributed by atoms with Crippen LogP contribution in [0.4, 0.5) is 0 Å². The van der Waals surface area contributed by atoms with Gasteiger partial charge in [0, 0.05) is 13.8 Å². The molecule has 0 spiro atoms. The van der Waals surface area contributed by atoms with E-state index in [0.29, 0.717) is 11.1 Å². The van der Waals surface area contributed by atoms with Crippen molar-refractivity contribution in [1.82, 2.24) is 10.3 Å². The third-order valence-electron chi connectivity index (χ3n) is 4.44. The van der Waals surface area contributed by atoms with Gasteiger partial charge in [-0.2, -0.15) is 0 Å². The van der Waals surface area contributed by atoms with Crippen molar-refractivity contribution in [2.24, 2.45) is 11.0 Å². The highest BCUT2D eigenvalue weighted by Gasteiger charge is 2.47. The Morgan fingerprint density at radius 2 is 1.77 bits per heavy atom. The minimum Gasteiger partial charge on any atom is -0.304 e. The largest absolute Gasteiger partial charge is 0.304 e. The maximum Gasteiger partial charge on any atom is 0.240 e. The second kappa shape index (κ2) is 8.25. The number of hydrazone groups is 1. The number of aryl methyl sites for hydroxylation is 1. The van der Waals surface area contributed by atoms with Crippen LogP contribution in [0.3, 0.4) is 0 Å². The molecule has 2 amide bonds. The molecule has 1 aromatic rings. The summed E-state index contributed by atoms with van der Waals surface area (Å²) in [6.07, 6.45) is 1.57. The molecular formula is C20H29N3O2S. The lowest BCUT2D eigenvalue weighted by Gasteiger charge is -2.38. The Balaban J connectivity index is 2.33. The van der Waals surface area contributed by atoms with Crippen LogP contribution < -0.4 is 5.32 Å². The molecule has 0 saturated carbocycles. The molecule has 0 bridgehead atoms. The summed E-state index contributed by atoms with van der Waals surface area (Å²) in [5.74, 6) is 0.373. The predicted octanol–water partition coefficient (Wildman–Crippen LogP) is 4.23. The molecule has 1 heterocycles. The molecule has 26 heavy (non-hydrogen) atoms. The van der Waals surface area contributed by atoms with Crippen LogP contribution in [0.25, 0.3) is 0 Å². The summed E-state index contributed by atoms with van der Waals surface area (Å²) in [4.78, 5) is 23.3. The van der Waals surface area contributed by atoms with Crippen LogP contribution in [0.15, 0.2) is 29.4 Å². The zero-order valence-electron chi connectivity index (χ0n) is 16.5. The smallest absolute Gasteiger partial charge is 0.240 e. The van der Waals surface area contributed by atoms with Crippen molar-refractivity contribution in [3.8, 4) is 0 Å². The Kier molecular flexibility index (Phi) is 6.50. The number of nitrogens with one attached hydrogen (secondary N) is 1. The first-order valence-electron chi connectivity index (χ1n) is 9.05. The van der Waals surface area contributed by atoms with Gasteiger partial charge in [0.1, 0.15) is 4.87 Å². The van der Waals surface area contributed by atoms with E-state index in [2.05, 4.69) is 62.4 Å². The average molecular weight is 376 g/mol. The fourth-order valence-electron chi connectivity index (χ4n) is 3.45. The first-order valence-corrected chi connectivity index (χ1v) is 9.87. The lowest BCUT2D eigenvalue weighted by molar-refractivity contribution is -0.132. The van der Waals surface area contributed by atoms with E-state index in [0.717, 1.165) is 12.8 Å². The van der Waals surface area contributed by atoms with Crippen LogP contribution in [-0.2, 0) is 9.59 Å². The van der Waals surface area contributed by atoms with Gasteiger partial charge < -0.3 is 5.32 Å². The Morgan fingerprint density at radius 1 is 1.15 bits per heavy atom. The van der Waals surface area contributed by atoms with Crippen LogP contribution in [0.2, 0.25) is 0 Å². The Labute approximate surface area is 160 Å². The number of hydrogen-bond donors (Lipinski definition) is 1. The Morgan fingerprint density at radius 3 is 2.27 bits per heavy atom. The molecule has 1 aromatic carbocycles. The maximum atomic E-state index is 12.3. The molecule has 0 fully saturated rings. The Bertz CT molecular complexity index is 700. The van der Waals surface area contributed by atoms with E-state index in [1.807, 2.05) is 0 Å². The van der Waals surface area contributed by atoms with Crippen molar-refractivity contribution in [2.75, 3.05) is 0 Å². The number of thioether (sulfide) groups is 1. The predicted molar refractivity (Wildman–Crippen MR) is 108 cm³/mol. The molecule has 1 aliphatic heterocycles. The number of amidine groups is 1. The summed E-state index contributed by atoms with van der Waals surface area (Å²) in [7, 11) is 0. The van der Waals surface area contributed by atoms with Gasteiger partial charge in [0.15, 0.2) is 5.17 Å². The SMILES string of the molecule is CC(=O)NC1=NN(C(C)=O)[C@](CC(C)C)(C[C@@H](C)c2ccc(C)cc2)S1. The van der Waals surface area contributed by atoms with Gasteiger partial charge in [-0.25, -0.2) is 5.01 Å². The molecular weight excluding hydrogens is 346 g/mol. The maximum absolute atomic E-state index is 12.3. The highest BCUT2D eigenvalue weighted by atomic mass is 32.2. The number of carbonyl (C=O) groups is 2. The number of hydrogen-bond acceptors (Lipinski definition) is 4. The van der Waals surface area contributed by atoms with Gasteiger partial charge in [0.05, 0.1) is 0 Å². The van der Waals surface area contributed by atoms with Gasteiger partial charge in [0.2, 0.25) is 11.8 Å². The topological polar surface area (TPSA) is 61.8 Å². The average Bonchev–Trinajstić information content (AvgIpc) is 2.84. The number of rotatable bonds is 5. The fourth-order valence-corrected chi connectivity index (χ4v) is 5.14. The molecule has 0 radical (unpaired) electrons. The second-order valence-electron chi connectivity index (χ2n) is 7.58. The molecule has 2 rings (SSSR count). The van der Waals surface area contributed by atoms with Crippen molar-refractivity contribution in [3.05, 3.63) is 35.4 Å². The molecule has 5 nitrogen and oxygen atoms in total. The van der Waals surface area contributed by atoms with E-state index in [1.165, 1.54) is 36.7 Å². The first-order chi connectivity index (χ1) is 12.1. The summed E-state index contributed by atoms with van der Waals surface area (Å²) < 4.78 is 0. The number of benzene rings is 1. The van der Waals surface area contributed by atoms with Crippen LogP contribution >= 0.6 is 11.8 Å². The van der Waals surface area contributed by atoms with E-state index in [9.17, 15) is 9.59 Å². The van der Waals surface area contributed by atoms with Gasteiger partial charge in [-0.05, 0) is 37.2 Å². The minimum absolute atomic E-state index is 0.102. The third kappa shape index (κ3) is 4.87. The standard InChI is InChI=1S/C20H29N3O2S/c1-13(2)11-20(12-15(4)18-9-7-14(3)8-10-18)23(17(6)25)22-19(26-20)21-16(5)24/h7-10,13,15H,11-12H2,1-6H3,(H,21,22,24)/t15-,20+/m1/s1. The third-order valence-corrected chi connectivity index (χ3v) is 5.71. The zero-order valence-corrected chi connectivity index (χ0v) is 17.3. The number of carbonyl (C=O) groups excluding carboxylic acids is 2. The van der Waals surface area contributed by atoms with E-state index < -0.39 is 4.87 Å². The first kappa shape index (κ1) is 20.5. The van der Waals surface area contributed by atoms with E-state index in [-0.39, 0.29) is 17.7 Å². The van der Waals surface area contributed by atoms with Gasteiger partial charge in [0.25, 0.3) is 0 Å². The quantitative estimate of drug-likeness (QED) is 0.837. The monoisotopic (exact) mass is 375 g/mol. The highest BCUT2D eigenvalue weighted by molar-refractivity contribution is 8.15. The van der Waals surface area contributed by atoms with Crippen molar-refractivity contribution in [2.45, 2.75) is 65.2 Å². The second-order valence-corrected chi connectivity index (χ2v) is 8.93. The van der Waals surface area contributed by atoms with Crippen LogP contribution in [0.5, 0.6) is 0 Å². The van der Waals surface area contributed by atoms with Gasteiger partial charge in [-0.1, -0.05) is 62.4 Å². The van der Waals surface area contributed by atoms with Crippen molar-refractivity contribution in [1.29, 1.82) is 0 Å². The van der Waals surface area contributed by atoms with Crippen LogP contribution in [-0.4, -0.2) is 26.9 Å². The Hall–Kier alpha value is -1.82. The summed E-state index contributed by atoms with van der Waals surface area (Å²) in [6.45, 7) is 11.5. The molecule has 0 aromatic heterocycles. The highest BCUT2D eigenvalue weighted by Crippen LogP contribution is 2.47. The van der Waals surface area contributed by atoms with Crippen molar-refractivity contribution in [3.63, 3.8) is 0 Å². The fraction of sp³-hybridized carbons (Fsp3) is 0.550. The number of amides is 2. The van der Waals surface area contributed by atoms with Gasteiger partial charge in [-0.3, -0.25) is 9.59 Å². The summed E-state index contributed by atoms with van der Waals surface area (Å²) in [6, 6.07) is 8.53. The van der Waals surface area contributed by atoms with Gasteiger partial charge in [-0.15, -0.1) is 5.10 Å². The van der Waals surface area contributed by atoms with Crippen molar-refractivity contribution < 1.29 is 9.59 Å². The lowest BCUT2D eigenvalue weighted by Crippen LogP contribution is -2.44. The molecule has 0 saturated heterocycles. The van der Waals surface area contributed by atoms with E-state index in [4.69, 9.17) is 0 Å². The molecule has 2 atom stereocenters. The summed E-state index contributed by atoms with van der Waals surface area (Å²) in [5.41, 5.74) is 2.48. The lowest BCUT2D eigenvalue weighted by atomic mass is 9.89. The molecule has 0 unspecified atom stereocenters. The van der Waals surface area contributed by atoms with Gasteiger partial charge >= 0.3 is 0 Å². The number of nitrogens with zero attached hydrogens (tertiary/aromatic N) is 2. The van der Waals surface area contributed by atoms with E-state index >= 15 is 0 Å². The minimum atomic E-state index is -0.484. The molecule has 1 N–H and O–H groups in total. The van der Waals surface area contributed by atoms with Crippen LogP contribution in [0.1, 0.15) is 64.5 Å². The van der Waals surface area contributed by atoms with Crippen LogP contribution in [0, 0.1) is 12.8 Å².